The molecule has 1 unspecified atom stereocenters. The number of hydrogen-bond donors (Lipinski definition) is 1. The molecule has 0 bridgehead atoms. The monoisotopic (exact) mass is 284 g/mol. The predicted molar refractivity (Wildman–Crippen MR) is 87.5 cm³/mol. The molecule has 3 aromatic rings. The summed E-state index contributed by atoms with van der Waals surface area (Å²) in [6, 6.07) is 11.3. The molecular weight excluding hydrogens is 264 g/mol. The molecule has 20 heavy (non-hydrogen) atoms. The quantitative estimate of drug-likeness (QED) is 0.734. The van der Waals surface area contributed by atoms with E-state index in [1.54, 1.807) is 0 Å². The largest absolute Gasteiger partial charge is 0.350 e. The van der Waals surface area contributed by atoms with Gasteiger partial charge in [-0.3, -0.25) is 0 Å². The molecule has 1 atom stereocenters. The molecule has 0 aliphatic heterocycles. The smallest absolute Gasteiger partial charge is 0.0484 e. The summed E-state index contributed by atoms with van der Waals surface area (Å²) in [6.45, 7) is 6.30. The number of nitrogens with one attached hydrogen (secondary N) is 1. The lowest BCUT2D eigenvalue weighted by molar-refractivity contribution is 0.596. The second kappa shape index (κ2) is 5.81. The normalized spacial score (nSPS) is 12.9. The van der Waals surface area contributed by atoms with E-state index < -0.39 is 0 Å². The van der Waals surface area contributed by atoms with Crippen LogP contribution in [0.3, 0.4) is 0 Å². The Hall–Kier alpha value is -1.58. The van der Waals surface area contributed by atoms with Crippen molar-refractivity contribution in [3.05, 3.63) is 59.2 Å². The van der Waals surface area contributed by atoms with Gasteiger partial charge in [0.2, 0.25) is 0 Å². The van der Waals surface area contributed by atoms with Gasteiger partial charge in [-0.1, -0.05) is 25.1 Å². The van der Waals surface area contributed by atoms with Crippen molar-refractivity contribution in [3.63, 3.8) is 0 Å². The predicted octanol–water partition coefficient (Wildman–Crippen LogP) is 4.42. The standard InChI is InChI=1S/C17H20N2S/c1-3-18-13(2)14-8-9-19(10-14)11-15-12-20-17-7-5-4-6-16(15)17/h4-10,12-13,18H,3,11H2,1-2H3. The zero-order valence-corrected chi connectivity index (χ0v) is 12.8. The molecule has 0 amide bonds. The molecule has 104 valence electrons. The molecule has 0 radical (unpaired) electrons. The van der Waals surface area contributed by atoms with E-state index in [9.17, 15) is 0 Å². The van der Waals surface area contributed by atoms with E-state index >= 15 is 0 Å². The minimum absolute atomic E-state index is 0.417. The molecule has 0 fully saturated rings. The van der Waals surface area contributed by atoms with Crippen molar-refractivity contribution in [2.45, 2.75) is 26.4 Å². The van der Waals surface area contributed by atoms with Crippen LogP contribution >= 0.6 is 11.3 Å². The molecule has 2 nitrogen and oxygen atoms in total. The van der Waals surface area contributed by atoms with Gasteiger partial charge in [-0.2, -0.15) is 0 Å². The number of rotatable bonds is 5. The molecular formula is C17H20N2S. The first-order valence-electron chi connectivity index (χ1n) is 7.12. The van der Waals surface area contributed by atoms with Crippen LogP contribution in [0, 0.1) is 0 Å². The number of fused-ring (bicyclic) bond motifs is 1. The van der Waals surface area contributed by atoms with Crippen molar-refractivity contribution in [1.29, 1.82) is 0 Å². The van der Waals surface area contributed by atoms with Crippen LogP contribution in [0.15, 0.2) is 48.1 Å². The number of benzene rings is 1. The van der Waals surface area contributed by atoms with Gasteiger partial charge in [0.25, 0.3) is 0 Å². The van der Waals surface area contributed by atoms with E-state index in [0.29, 0.717) is 6.04 Å². The fraction of sp³-hybridized carbons (Fsp3) is 0.294. The first kappa shape index (κ1) is 13.4. The maximum atomic E-state index is 3.45. The van der Waals surface area contributed by atoms with Crippen LogP contribution in [0.1, 0.15) is 31.0 Å². The molecule has 3 heteroatoms. The van der Waals surface area contributed by atoms with Gasteiger partial charge in [0.05, 0.1) is 0 Å². The number of thiophene rings is 1. The highest BCUT2D eigenvalue weighted by Gasteiger charge is 2.07. The minimum Gasteiger partial charge on any atom is -0.350 e. The lowest BCUT2D eigenvalue weighted by atomic mass is 10.2. The SMILES string of the molecule is CCNC(C)c1ccn(Cc2csc3ccccc23)c1. The number of aromatic nitrogens is 1. The molecule has 0 saturated heterocycles. The van der Waals surface area contributed by atoms with Crippen molar-refractivity contribution in [1.82, 2.24) is 9.88 Å². The summed E-state index contributed by atoms with van der Waals surface area (Å²) in [7, 11) is 0. The van der Waals surface area contributed by atoms with Gasteiger partial charge in [-0.25, -0.2) is 0 Å². The Morgan fingerprint density at radius 3 is 2.95 bits per heavy atom. The van der Waals surface area contributed by atoms with Crippen molar-refractivity contribution < 1.29 is 0 Å². The summed E-state index contributed by atoms with van der Waals surface area (Å²) < 4.78 is 3.65. The molecule has 2 heterocycles. The van der Waals surface area contributed by atoms with Crippen LogP contribution in [0.2, 0.25) is 0 Å². The second-order valence-corrected chi connectivity index (χ2v) is 6.06. The van der Waals surface area contributed by atoms with Crippen LogP contribution in [0.4, 0.5) is 0 Å². The lowest BCUT2D eigenvalue weighted by Gasteiger charge is -2.09. The Bertz CT molecular complexity index is 696. The van der Waals surface area contributed by atoms with Gasteiger partial charge >= 0.3 is 0 Å². The van der Waals surface area contributed by atoms with E-state index in [0.717, 1.165) is 13.1 Å². The summed E-state index contributed by atoms with van der Waals surface area (Å²) in [6.07, 6.45) is 4.43. The molecule has 0 aliphatic rings. The van der Waals surface area contributed by atoms with E-state index in [-0.39, 0.29) is 0 Å². The van der Waals surface area contributed by atoms with Crippen LogP contribution in [0.25, 0.3) is 10.1 Å². The zero-order valence-electron chi connectivity index (χ0n) is 12.0. The molecule has 0 aliphatic carbocycles. The van der Waals surface area contributed by atoms with Gasteiger partial charge in [0, 0.05) is 29.7 Å². The number of hydrogen-bond acceptors (Lipinski definition) is 2. The van der Waals surface area contributed by atoms with Crippen molar-refractivity contribution in [2.75, 3.05) is 6.54 Å². The topological polar surface area (TPSA) is 17.0 Å². The van der Waals surface area contributed by atoms with E-state index in [1.807, 2.05) is 11.3 Å². The Morgan fingerprint density at radius 2 is 2.10 bits per heavy atom. The molecule has 2 aromatic heterocycles. The van der Waals surface area contributed by atoms with Gasteiger partial charge in [-0.05, 0) is 47.5 Å². The number of nitrogens with zero attached hydrogens (tertiary/aromatic N) is 1. The van der Waals surface area contributed by atoms with Crippen LogP contribution in [-0.2, 0) is 6.54 Å². The highest BCUT2D eigenvalue weighted by Crippen LogP contribution is 2.26. The lowest BCUT2D eigenvalue weighted by Crippen LogP contribution is -2.17. The van der Waals surface area contributed by atoms with Gasteiger partial charge in [0.1, 0.15) is 0 Å². The highest BCUT2D eigenvalue weighted by molar-refractivity contribution is 7.17. The van der Waals surface area contributed by atoms with Crippen LogP contribution < -0.4 is 5.32 Å². The third-order valence-electron chi connectivity index (χ3n) is 3.70. The fourth-order valence-electron chi connectivity index (χ4n) is 2.59. The molecule has 0 saturated carbocycles. The van der Waals surface area contributed by atoms with Gasteiger partial charge in [-0.15, -0.1) is 11.3 Å². The first-order valence-corrected chi connectivity index (χ1v) is 8.00. The van der Waals surface area contributed by atoms with Crippen LogP contribution in [0.5, 0.6) is 0 Å². The second-order valence-electron chi connectivity index (χ2n) is 5.15. The Balaban J connectivity index is 1.81. The average molecular weight is 284 g/mol. The van der Waals surface area contributed by atoms with Crippen LogP contribution in [-0.4, -0.2) is 11.1 Å². The zero-order chi connectivity index (χ0) is 13.9. The van der Waals surface area contributed by atoms with Crippen molar-refractivity contribution in [2.24, 2.45) is 0 Å². The van der Waals surface area contributed by atoms with E-state index in [4.69, 9.17) is 0 Å². The third kappa shape index (κ3) is 2.65. The molecule has 3 rings (SSSR count). The molecule has 0 spiro atoms. The summed E-state index contributed by atoms with van der Waals surface area (Å²) in [5.74, 6) is 0. The Morgan fingerprint density at radius 1 is 1.25 bits per heavy atom. The van der Waals surface area contributed by atoms with Gasteiger partial charge < -0.3 is 9.88 Å². The maximum absolute atomic E-state index is 3.45. The van der Waals surface area contributed by atoms with E-state index in [1.165, 1.54) is 21.2 Å². The Kier molecular flexibility index (Phi) is 3.90. The van der Waals surface area contributed by atoms with E-state index in [2.05, 4.69) is 71.8 Å². The molecule has 1 N–H and O–H groups in total. The summed E-state index contributed by atoms with van der Waals surface area (Å²) >= 11 is 1.83. The minimum atomic E-state index is 0.417. The van der Waals surface area contributed by atoms with Gasteiger partial charge in [0.15, 0.2) is 0 Å². The molecule has 1 aromatic carbocycles. The fourth-order valence-corrected chi connectivity index (χ4v) is 3.54. The summed E-state index contributed by atoms with van der Waals surface area (Å²) in [5, 5.41) is 7.11. The van der Waals surface area contributed by atoms with Crippen molar-refractivity contribution in [3.8, 4) is 0 Å². The maximum Gasteiger partial charge on any atom is 0.0484 e. The average Bonchev–Trinajstić information content (AvgIpc) is 3.08. The van der Waals surface area contributed by atoms with Crippen molar-refractivity contribution >= 4 is 21.4 Å². The first-order chi connectivity index (χ1) is 9.78. The Labute approximate surface area is 124 Å². The summed E-state index contributed by atoms with van der Waals surface area (Å²) in [4.78, 5) is 0. The third-order valence-corrected chi connectivity index (χ3v) is 4.71. The summed E-state index contributed by atoms with van der Waals surface area (Å²) in [5.41, 5.74) is 2.76. The highest BCUT2D eigenvalue weighted by atomic mass is 32.1.